The van der Waals surface area contributed by atoms with Crippen LogP contribution in [0.4, 0.5) is 0 Å². The van der Waals surface area contributed by atoms with Gasteiger partial charge < -0.3 is 14.5 Å². The third-order valence-electron chi connectivity index (χ3n) is 4.28. The standard InChI is InChI=1S/C20H20BrN3O4/c1-4-12(2)28-18-10-15(21)13(9-17(18)27-3)11-22-24-19(25)14-7-5-6-8-16(14)23-20(24)26/h5-12H,4H2,1-3H3,(H,23,26)/t12-/m1/s1. The van der Waals surface area contributed by atoms with Gasteiger partial charge in [-0.3, -0.25) is 4.79 Å². The largest absolute Gasteiger partial charge is 0.493 e. The fourth-order valence-corrected chi connectivity index (χ4v) is 3.00. The maximum Gasteiger partial charge on any atom is 0.349 e. The third kappa shape index (κ3) is 4.01. The van der Waals surface area contributed by atoms with Crippen molar-refractivity contribution in [2.75, 3.05) is 7.11 Å². The maximum absolute atomic E-state index is 12.6. The predicted molar refractivity (Wildman–Crippen MR) is 113 cm³/mol. The molecule has 146 valence electrons. The van der Waals surface area contributed by atoms with Crippen molar-refractivity contribution in [1.82, 2.24) is 9.66 Å². The Labute approximate surface area is 169 Å². The number of para-hydroxylation sites is 1. The van der Waals surface area contributed by atoms with Gasteiger partial charge in [0, 0.05) is 10.0 Å². The van der Waals surface area contributed by atoms with Crippen LogP contribution in [0.2, 0.25) is 0 Å². The molecule has 0 radical (unpaired) electrons. The summed E-state index contributed by atoms with van der Waals surface area (Å²) < 4.78 is 12.8. The number of halogens is 1. The molecule has 0 amide bonds. The van der Waals surface area contributed by atoms with Crippen LogP contribution in [0, 0.1) is 0 Å². The van der Waals surface area contributed by atoms with E-state index in [0.29, 0.717) is 32.4 Å². The summed E-state index contributed by atoms with van der Waals surface area (Å²) in [6, 6.07) is 10.3. The van der Waals surface area contributed by atoms with Crippen molar-refractivity contribution >= 4 is 33.0 Å². The first-order chi connectivity index (χ1) is 13.4. The van der Waals surface area contributed by atoms with Crippen molar-refractivity contribution in [3.8, 4) is 11.5 Å². The van der Waals surface area contributed by atoms with E-state index in [1.807, 2.05) is 13.8 Å². The Hall–Kier alpha value is -2.87. The minimum atomic E-state index is -0.611. The number of benzene rings is 2. The Morgan fingerprint density at radius 2 is 2.00 bits per heavy atom. The summed E-state index contributed by atoms with van der Waals surface area (Å²) >= 11 is 3.47. The second kappa shape index (κ2) is 8.43. The number of nitrogens with zero attached hydrogens (tertiary/aromatic N) is 2. The van der Waals surface area contributed by atoms with E-state index in [-0.39, 0.29) is 6.10 Å². The molecular weight excluding hydrogens is 426 g/mol. The molecule has 0 unspecified atom stereocenters. The summed E-state index contributed by atoms with van der Waals surface area (Å²) in [5, 5.41) is 4.46. The van der Waals surface area contributed by atoms with Gasteiger partial charge in [0.2, 0.25) is 0 Å². The zero-order valence-corrected chi connectivity index (χ0v) is 17.3. The van der Waals surface area contributed by atoms with Crippen LogP contribution in [0.1, 0.15) is 25.8 Å². The Balaban J connectivity index is 2.02. The number of rotatable bonds is 6. The number of methoxy groups -OCH3 is 1. The van der Waals surface area contributed by atoms with E-state index in [1.54, 1.807) is 43.5 Å². The summed E-state index contributed by atoms with van der Waals surface area (Å²) in [5.74, 6) is 1.13. The molecule has 1 N–H and O–H groups in total. The molecule has 3 rings (SSSR count). The normalized spacial score (nSPS) is 12.4. The average Bonchev–Trinajstić information content (AvgIpc) is 2.69. The molecule has 7 nitrogen and oxygen atoms in total. The number of hydrogen-bond acceptors (Lipinski definition) is 5. The molecule has 0 spiro atoms. The lowest BCUT2D eigenvalue weighted by Crippen LogP contribution is -2.32. The van der Waals surface area contributed by atoms with Gasteiger partial charge in [-0.25, -0.2) is 4.79 Å². The maximum atomic E-state index is 12.6. The number of H-pyrrole nitrogens is 1. The molecule has 0 aliphatic carbocycles. The lowest BCUT2D eigenvalue weighted by molar-refractivity contribution is 0.207. The van der Waals surface area contributed by atoms with Crippen LogP contribution in [-0.2, 0) is 0 Å². The first-order valence-corrected chi connectivity index (χ1v) is 9.56. The number of ether oxygens (including phenoxy) is 2. The molecule has 0 aliphatic heterocycles. The summed E-state index contributed by atoms with van der Waals surface area (Å²) in [4.78, 5) is 27.4. The van der Waals surface area contributed by atoms with Gasteiger partial charge in [0.1, 0.15) is 0 Å². The van der Waals surface area contributed by atoms with E-state index >= 15 is 0 Å². The fourth-order valence-electron chi connectivity index (χ4n) is 2.58. The highest BCUT2D eigenvalue weighted by Crippen LogP contribution is 2.33. The van der Waals surface area contributed by atoms with Gasteiger partial charge in [-0.05, 0) is 53.5 Å². The molecule has 2 aromatic carbocycles. The van der Waals surface area contributed by atoms with E-state index in [0.717, 1.165) is 11.1 Å². The van der Waals surface area contributed by atoms with Gasteiger partial charge in [-0.1, -0.05) is 19.1 Å². The quantitative estimate of drug-likeness (QED) is 0.588. The molecule has 0 aliphatic rings. The number of aromatic nitrogens is 2. The Morgan fingerprint density at radius 3 is 2.71 bits per heavy atom. The monoisotopic (exact) mass is 445 g/mol. The lowest BCUT2D eigenvalue weighted by atomic mass is 10.2. The van der Waals surface area contributed by atoms with Crippen LogP contribution in [0.5, 0.6) is 11.5 Å². The number of fused-ring (bicyclic) bond motifs is 1. The van der Waals surface area contributed by atoms with Gasteiger partial charge in [0.25, 0.3) is 5.56 Å². The zero-order valence-electron chi connectivity index (χ0n) is 15.7. The number of nitrogens with one attached hydrogen (secondary N) is 1. The Kier molecular flexibility index (Phi) is 5.99. The SMILES string of the molecule is CC[C@@H](C)Oc1cc(Br)c(C=Nn2c(=O)[nH]c3ccccc3c2=O)cc1OC. The zero-order chi connectivity index (χ0) is 20.3. The lowest BCUT2D eigenvalue weighted by Gasteiger charge is -2.16. The van der Waals surface area contributed by atoms with Crippen molar-refractivity contribution < 1.29 is 9.47 Å². The molecule has 0 fully saturated rings. The second-order valence-electron chi connectivity index (χ2n) is 6.20. The van der Waals surface area contributed by atoms with E-state index in [9.17, 15) is 9.59 Å². The molecule has 3 aromatic rings. The molecule has 8 heteroatoms. The van der Waals surface area contributed by atoms with Crippen LogP contribution >= 0.6 is 15.9 Å². The highest BCUT2D eigenvalue weighted by molar-refractivity contribution is 9.10. The topological polar surface area (TPSA) is 85.7 Å². The van der Waals surface area contributed by atoms with E-state index in [4.69, 9.17) is 9.47 Å². The van der Waals surface area contributed by atoms with Crippen LogP contribution in [0.25, 0.3) is 10.9 Å². The van der Waals surface area contributed by atoms with Crippen molar-refractivity contribution in [3.05, 3.63) is 67.3 Å². The number of aromatic amines is 1. The van der Waals surface area contributed by atoms with Gasteiger partial charge in [0.15, 0.2) is 11.5 Å². The summed E-state index contributed by atoms with van der Waals surface area (Å²) in [6.45, 7) is 4.01. The van der Waals surface area contributed by atoms with Gasteiger partial charge in [0.05, 0.1) is 30.3 Å². The Morgan fingerprint density at radius 1 is 1.25 bits per heavy atom. The molecule has 0 saturated heterocycles. The molecule has 1 atom stereocenters. The minimum Gasteiger partial charge on any atom is -0.493 e. The van der Waals surface area contributed by atoms with Crippen molar-refractivity contribution in [3.63, 3.8) is 0 Å². The molecule has 28 heavy (non-hydrogen) atoms. The molecule has 1 heterocycles. The average molecular weight is 446 g/mol. The molecule has 0 saturated carbocycles. The van der Waals surface area contributed by atoms with Crippen LogP contribution in [0.3, 0.4) is 0 Å². The highest BCUT2D eigenvalue weighted by Gasteiger charge is 2.12. The first kappa shape index (κ1) is 19.9. The van der Waals surface area contributed by atoms with Crippen molar-refractivity contribution in [2.45, 2.75) is 26.4 Å². The van der Waals surface area contributed by atoms with Gasteiger partial charge in [-0.2, -0.15) is 5.10 Å². The van der Waals surface area contributed by atoms with E-state index < -0.39 is 11.2 Å². The summed E-state index contributed by atoms with van der Waals surface area (Å²) in [7, 11) is 1.55. The molecular formula is C20H20BrN3O4. The van der Waals surface area contributed by atoms with E-state index in [2.05, 4.69) is 26.0 Å². The third-order valence-corrected chi connectivity index (χ3v) is 4.97. The fraction of sp³-hybridized carbons (Fsp3) is 0.250. The van der Waals surface area contributed by atoms with E-state index in [1.165, 1.54) is 6.21 Å². The summed E-state index contributed by atoms with van der Waals surface area (Å²) in [5.41, 5.74) is 0.00123. The minimum absolute atomic E-state index is 0.0371. The van der Waals surface area contributed by atoms with Crippen molar-refractivity contribution in [2.24, 2.45) is 5.10 Å². The second-order valence-corrected chi connectivity index (χ2v) is 7.05. The molecule has 1 aromatic heterocycles. The highest BCUT2D eigenvalue weighted by atomic mass is 79.9. The van der Waals surface area contributed by atoms with Crippen LogP contribution in [-0.4, -0.2) is 29.1 Å². The van der Waals surface area contributed by atoms with Crippen molar-refractivity contribution in [1.29, 1.82) is 0 Å². The Bertz CT molecular complexity index is 1150. The van der Waals surface area contributed by atoms with Gasteiger partial charge in [-0.15, -0.1) is 4.68 Å². The van der Waals surface area contributed by atoms with Gasteiger partial charge >= 0.3 is 5.69 Å². The summed E-state index contributed by atoms with van der Waals surface area (Å²) in [6.07, 6.45) is 2.32. The first-order valence-electron chi connectivity index (χ1n) is 8.77. The predicted octanol–water partition coefficient (Wildman–Crippen LogP) is 3.52. The van der Waals surface area contributed by atoms with Crippen LogP contribution in [0.15, 0.2) is 55.6 Å². The molecule has 0 bridgehead atoms. The van der Waals surface area contributed by atoms with Crippen LogP contribution < -0.4 is 20.7 Å². The smallest absolute Gasteiger partial charge is 0.349 e. The number of hydrogen-bond donors (Lipinski definition) is 1.